The molecule has 1 unspecified atom stereocenters. The normalized spacial score (nSPS) is 20.8. The largest absolute Gasteiger partial charge is 0.480 e. The summed E-state index contributed by atoms with van der Waals surface area (Å²) >= 11 is 1.30. The molecule has 1 heterocycles. The molecule has 8 heteroatoms. The number of hydrogen-bond acceptors (Lipinski definition) is 5. The maximum Gasteiger partial charge on any atom is 0.329 e. The number of carbonyl (C=O) groups is 2. The number of rotatable bonds is 7. The Balaban J connectivity index is 1.56. The predicted octanol–water partition coefficient (Wildman–Crippen LogP) is 1.07. The Kier molecular flexibility index (Phi) is 3.64. The number of carboxylic acids is 1. The summed E-state index contributed by atoms with van der Waals surface area (Å²) in [6, 6.07) is 0.460. The highest BCUT2D eigenvalue weighted by Gasteiger charge is 2.48. The van der Waals surface area contributed by atoms with Gasteiger partial charge in [0, 0.05) is 6.04 Å². The third-order valence-corrected chi connectivity index (χ3v) is 5.01. The molecular weight excluding hydrogens is 292 g/mol. The van der Waals surface area contributed by atoms with E-state index in [1.165, 1.54) is 11.8 Å². The molecule has 2 aliphatic carbocycles. The first-order chi connectivity index (χ1) is 10.0. The minimum absolute atomic E-state index is 0.0408. The van der Waals surface area contributed by atoms with Gasteiger partial charge >= 0.3 is 5.97 Å². The second kappa shape index (κ2) is 5.32. The Bertz CT molecular complexity index is 568. The first-order valence-electron chi connectivity index (χ1n) is 7.07. The average Bonchev–Trinajstić information content (AvgIpc) is 3.34. The number of nitrogens with zero attached hydrogens (tertiary/aromatic N) is 3. The number of aliphatic carboxylic acids is 1. The fraction of sp³-hybridized carbons (Fsp3) is 0.692. The van der Waals surface area contributed by atoms with Gasteiger partial charge in [-0.1, -0.05) is 11.8 Å². The summed E-state index contributed by atoms with van der Waals surface area (Å²) in [5.74, 6) is -1.05. The van der Waals surface area contributed by atoms with Crippen LogP contribution in [-0.4, -0.2) is 43.0 Å². The monoisotopic (exact) mass is 310 g/mol. The molecule has 114 valence electrons. The van der Waals surface area contributed by atoms with Gasteiger partial charge in [-0.15, -0.1) is 10.2 Å². The first kappa shape index (κ1) is 14.4. The molecule has 0 saturated heterocycles. The average molecular weight is 310 g/mol. The zero-order valence-electron chi connectivity index (χ0n) is 11.8. The number of nitrogens with one attached hydrogen (secondary N) is 1. The number of amides is 1. The summed E-state index contributed by atoms with van der Waals surface area (Å²) < 4.78 is 1.98. The Morgan fingerprint density at radius 3 is 2.76 bits per heavy atom. The molecule has 1 amide bonds. The summed E-state index contributed by atoms with van der Waals surface area (Å²) in [4.78, 5) is 23.4. The molecule has 21 heavy (non-hydrogen) atoms. The highest BCUT2D eigenvalue weighted by Crippen LogP contribution is 2.40. The van der Waals surface area contributed by atoms with E-state index in [0.717, 1.165) is 30.8 Å². The highest BCUT2D eigenvalue weighted by molar-refractivity contribution is 7.99. The van der Waals surface area contributed by atoms with Gasteiger partial charge in [-0.05, 0) is 38.5 Å². The number of aromatic nitrogens is 3. The van der Waals surface area contributed by atoms with Crippen molar-refractivity contribution in [2.75, 3.05) is 5.75 Å². The fourth-order valence-electron chi connectivity index (χ4n) is 2.39. The lowest BCUT2D eigenvalue weighted by Crippen LogP contribution is -2.54. The molecule has 2 aliphatic rings. The van der Waals surface area contributed by atoms with E-state index in [-0.39, 0.29) is 17.6 Å². The minimum Gasteiger partial charge on any atom is -0.480 e. The third-order valence-electron chi connectivity index (χ3n) is 4.05. The minimum atomic E-state index is -1.15. The van der Waals surface area contributed by atoms with Crippen molar-refractivity contribution in [3.05, 3.63) is 6.33 Å². The van der Waals surface area contributed by atoms with Gasteiger partial charge in [-0.2, -0.15) is 0 Å². The van der Waals surface area contributed by atoms with Crippen molar-refractivity contribution < 1.29 is 14.7 Å². The zero-order valence-corrected chi connectivity index (χ0v) is 12.6. The van der Waals surface area contributed by atoms with Gasteiger partial charge in [0.25, 0.3) is 0 Å². The topological polar surface area (TPSA) is 97.1 Å². The molecule has 0 spiro atoms. The summed E-state index contributed by atoms with van der Waals surface area (Å²) in [5, 5.41) is 20.6. The molecule has 7 nitrogen and oxygen atoms in total. The molecule has 0 aromatic carbocycles. The standard InChI is InChI=1S/C13H18N4O3S/c1-13(11(19)20,8-2-3-8)15-10(18)6-21-12-16-14-7-17(12)9-4-5-9/h7-9H,2-6H2,1H3,(H,15,18)(H,19,20). The summed E-state index contributed by atoms with van der Waals surface area (Å²) in [6.07, 6.45) is 5.63. The third kappa shape index (κ3) is 3.04. The molecule has 2 fully saturated rings. The van der Waals surface area contributed by atoms with E-state index in [9.17, 15) is 14.7 Å². The van der Waals surface area contributed by atoms with Crippen LogP contribution in [0.25, 0.3) is 0 Å². The molecule has 1 atom stereocenters. The summed E-state index contributed by atoms with van der Waals surface area (Å²) in [7, 11) is 0. The van der Waals surface area contributed by atoms with Gasteiger partial charge in [0.05, 0.1) is 5.75 Å². The lowest BCUT2D eigenvalue weighted by molar-refractivity contribution is -0.147. The van der Waals surface area contributed by atoms with Crippen molar-refractivity contribution in [2.24, 2.45) is 5.92 Å². The first-order valence-corrected chi connectivity index (χ1v) is 8.06. The van der Waals surface area contributed by atoms with E-state index >= 15 is 0 Å². The summed E-state index contributed by atoms with van der Waals surface area (Å²) in [5.41, 5.74) is -1.15. The molecule has 3 rings (SSSR count). The second-order valence-electron chi connectivity index (χ2n) is 5.87. The Morgan fingerprint density at radius 1 is 1.48 bits per heavy atom. The van der Waals surface area contributed by atoms with Crippen molar-refractivity contribution >= 4 is 23.6 Å². The van der Waals surface area contributed by atoms with Crippen LogP contribution in [0, 0.1) is 5.92 Å². The SMILES string of the molecule is CC(NC(=O)CSc1nncn1C1CC1)(C(=O)O)C1CC1. The number of carboxylic acid groups (broad SMARTS) is 1. The van der Waals surface area contributed by atoms with Gasteiger partial charge in [0.1, 0.15) is 11.9 Å². The maximum absolute atomic E-state index is 12.0. The Morgan fingerprint density at radius 2 is 2.19 bits per heavy atom. The van der Waals surface area contributed by atoms with Crippen molar-refractivity contribution in [1.82, 2.24) is 20.1 Å². The summed E-state index contributed by atoms with van der Waals surface area (Å²) in [6.45, 7) is 1.59. The van der Waals surface area contributed by atoms with E-state index in [4.69, 9.17) is 0 Å². The molecule has 2 N–H and O–H groups in total. The van der Waals surface area contributed by atoms with Crippen LogP contribution in [0.15, 0.2) is 11.5 Å². The van der Waals surface area contributed by atoms with E-state index in [1.807, 2.05) is 4.57 Å². The van der Waals surface area contributed by atoms with E-state index in [0.29, 0.717) is 6.04 Å². The van der Waals surface area contributed by atoms with Gasteiger partial charge in [0.15, 0.2) is 5.16 Å². The van der Waals surface area contributed by atoms with Gasteiger partial charge in [-0.25, -0.2) is 4.79 Å². The Labute approximate surface area is 126 Å². The van der Waals surface area contributed by atoms with Crippen LogP contribution < -0.4 is 5.32 Å². The van der Waals surface area contributed by atoms with Crippen LogP contribution in [0.5, 0.6) is 0 Å². The van der Waals surface area contributed by atoms with Gasteiger partial charge < -0.3 is 15.0 Å². The maximum atomic E-state index is 12.0. The smallest absolute Gasteiger partial charge is 0.329 e. The molecule has 1 aromatic heterocycles. The number of carbonyl (C=O) groups excluding carboxylic acids is 1. The number of hydrogen-bond donors (Lipinski definition) is 2. The van der Waals surface area contributed by atoms with Crippen molar-refractivity contribution in [1.29, 1.82) is 0 Å². The molecule has 0 bridgehead atoms. The zero-order chi connectivity index (χ0) is 15.0. The van der Waals surface area contributed by atoms with Crippen LogP contribution in [0.1, 0.15) is 38.6 Å². The van der Waals surface area contributed by atoms with Crippen LogP contribution in [0.3, 0.4) is 0 Å². The number of thioether (sulfide) groups is 1. The van der Waals surface area contributed by atoms with Crippen LogP contribution >= 0.6 is 11.8 Å². The van der Waals surface area contributed by atoms with Gasteiger partial charge in [0.2, 0.25) is 5.91 Å². The molecule has 0 radical (unpaired) electrons. The fourth-order valence-corrected chi connectivity index (χ4v) is 3.17. The van der Waals surface area contributed by atoms with Crippen LogP contribution in [0.4, 0.5) is 0 Å². The lowest BCUT2D eigenvalue weighted by atomic mass is 9.96. The molecular formula is C13H18N4O3S. The predicted molar refractivity (Wildman–Crippen MR) is 75.9 cm³/mol. The Hall–Kier alpha value is -1.57. The van der Waals surface area contributed by atoms with E-state index in [1.54, 1.807) is 13.3 Å². The van der Waals surface area contributed by atoms with Crippen LogP contribution in [-0.2, 0) is 9.59 Å². The highest BCUT2D eigenvalue weighted by atomic mass is 32.2. The van der Waals surface area contributed by atoms with Crippen molar-refractivity contribution in [3.8, 4) is 0 Å². The van der Waals surface area contributed by atoms with Crippen molar-refractivity contribution in [3.63, 3.8) is 0 Å². The van der Waals surface area contributed by atoms with Crippen LogP contribution in [0.2, 0.25) is 0 Å². The molecule has 1 aromatic rings. The quantitative estimate of drug-likeness (QED) is 0.731. The van der Waals surface area contributed by atoms with Gasteiger partial charge in [-0.3, -0.25) is 4.79 Å². The van der Waals surface area contributed by atoms with E-state index < -0.39 is 11.5 Å². The molecule has 2 saturated carbocycles. The molecule has 0 aliphatic heterocycles. The lowest BCUT2D eigenvalue weighted by Gasteiger charge is -2.25. The van der Waals surface area contributed by atoms with E-state index in [2.05, 4.69) is 15.5 Å². The van der Waals surface area contributed by atoms with Crippen molar-refractivity contribution in [2.45, 2.75) is 49.3 Å². The second-order valence-corrected chi connectivity index (χ2v) is 6.81.